The average Bonchev–Trinajstić information content (AvgIpc) is 3.33. The first-order valence-corrected chi connectivity index (χ1v) is 14.0. The van der Waals surface area contributed by atoms with Crippen LogP contribution in [0.4, 0.5) is 26.3 Å². The van der Waals surface area contributed by atoms with Crippen LogP contribution in [0.1, 0.15) is 31.4 Å². The minimum absolute atomic E-state index is 0.227. The molecule has 1 atom stereocenters. The summed E-state index contributed by atoms with van der Waals surface area (Å²) in [5, 5.41) is 14.2. The van der Waals surface area contributed by atoms with Crippen LogP contribution in [0.25, 0.3) is 0 Å². The van der Waals surface area contributed by atoms with Crippen molar-refractivity contribution in [3.63, 3.8) is 0 Å². The Morgan fingerprint density at radius 3 is 2.09 bits per heavy atom. The molecule has 18 heteroatoms. The van der Waals surface area contributed by atoms with E-state index in [2.05, 4.69) is 9.97 Å². The summed E-state index contributed by atoms with van der Waals surface area (Å²) in [6.45, 7) is 2.86. The van der Waals surface area contributed by atoms with Crippen molar-refractivity contribution in [2.75, 3.05) is 26.3 Å². The fourth-order valence-corrected chi connectivity index (χ4v) is 5.79. The van der Waals surface area contributed by atoms with Crippen LogP contribution in [0.3, 0.4) is 0 Å². The fraction of sp³-hybridized carbons (Fsp3) is 0.520. The first-order chi connectivity index (χ1) is 20.0. The molecule has 2 fully saturated rings. The molecular weight excluding hydrogens is 616 g/mol. The van der Waals surface area contributed by atoms with E-state index in [4.69, 9.17) is 29.3 Å². The smallest absolute Gasteiger partial charge is 0.475 e. The largest absolute Gasteiger partial charge is 0.490 e. The predicted octanol–water partition coefficient (Wildman–Crippen LogP) is 3.91. The third kappa shape index (κ3) is 11.0. The monoisotopic (exact) mass is 645 g/mol. The van der Waals surface area contributed by atoms with Gasteiger partial charge in [0.1, 0.15) is 4.90 Å². The van der Waals surface area contributed by atoms with Crippen molar-refractivity contribution in [3.8, 4) is 0 Å². The van der Waals surface area contributed by atoms with Gasteiger partial charge in [-0.3, -0.25) is 9.97 Å². The quantitative estimate of drug-likeness (QED) is 0.334. The number of sulfonamides is 1. The zero-order valence-electron chi connectivity index (χ0n) is 22.4. The van der Waals surface area contributed by atoms with E-state index in [9.17, 15) is 34.8 Å². The molecule has 4 heterocycles. The molecule has 2 aromatic rings. The molecule has 240 valence electrons. The standard InChI is InChI=1S/C21H27N3O4S.2C2HF3O2/c25-29(26,20-5-3-10-22-16-20)24-12-8-21(9-13-24)18(7-15-28-21)6-14-27-17-19-4-1-2-11-23-19;2*3-2(4,5)1(6)7/h1-5,10-11,16,18H,6-9,12-15,17H2;2*(H,6,7). The van der Waals surface area contributed by atoms with Gasteiger partial charge < -0.3 is 19.7 Å². The molecule has 0 aliphatic carbocycles. The number of nitrogens with zero attached hydrogens (tertiary/aromatic N) is 3. The Morgan fingerprint density at radius 2 is 1.60 bits per heavy atom. The van der Waals surface area contributed by atoms with Gasteiger partial charge >= 0.3 is 24.3 Å². The Morgan fingerprint density at radius 1 is 1.00 bits per heavy atom. The van der Waals surface area contributed by atoms with Crippen LogP contribution in [0.5, 0.6) is 0 Å². The van der Waals surface area contributed by atoms with Gasteiger partial charge in [-0.25, -0.2) is 18.0 Å². The second-order valence-electron chi connectivity index (χ2n) is 9.26. The van der Waals surface area contributed by atoms with Gasteiger partial charge in [-0.05, 0) is 55.9 Å². The highest BCUT2D eigenvalue weighted by atomic mass is 32.2. The molecule has 43 heavy (non-hydrogen) atoms. The second kappa shape index (κ2) is 15.4. The minimum Gasteiger partial charge on any atom is -0.475 e. The lowest BCUT2D eigenvalue weighted by Crippen LogP contribution is -2.49. The number of hydrogen-bond donors (Lipinski definition) is 2. The van der Waals surface area contributed by atoms with Crippen LogP contribution < -0.4 is 0 Å². The van der Waals surface area contributed by atoms with Crippen molar-refractivity contribution in [1.82, 2.24) is 14.3 Å². The zero-order chi connectivity index (χ0) is 32.3. The lowest BCUT2D eigenvalue weighted by atomic mass is 9.78. The Balaban J connectivity index is 0.000000384. The average molecular weight is 646 g/mol. The van der Waals surface area contributed by atoms with E-state index in [1.165, 1.54) is 6.20 Å². The summed E-state index contributed by atoms with van der Waals surface area (Å²) >= 11 is 0. The summed E-state index contributed by atoms with van der Waals surface area (Å²) in [6.07, 6.45) is -2.05. The Kier molecular flexibility index (Phi) is 12.8. The summed E-state index contributed by atoms with van der Waals surface area (Å²) in [7, 11) is -3.49. The number of ether oxygens (including phenoxy) is 2. The lowest BCUT2D eigenvalue weighted by molar-refractivity contribution is -0.193. The van der Waals surface area contributed by atoms with Crippen LogP contribution >= 0.6 is 0 Å². The van der Waals surface area contributed by atoms with Gasteiger partial charge in [0, 0.05) is 44.9 Å². The first-order valence-electron chi connectivity index (χ1n) is 12.6. The molecule has 11 nitrogen and oxygen atoms in total. The fourth-order valence-electron chi connectivity index (χ4n) is 4.38. The highest BCUT2D eigenvalue weighted by molar-refractivity contribution is 7.89. The predicted molar refractivity (Wildman–Crippen MR) is 135 cm³/mol. The van der Waals surface area contributed by atoms with Gasteiger partial charge in [0.2, 0.25) is 10.0 Å². The number of halogens is 6. The maximum absolute atomic E-state index is 12.8. The number of carboxylic acid groups (broad SMARTS) is 2. The van der Waals surface area contributed by atoms with Crippen LogP contribution in [0, 0.1) is 5.92 Å². The Hall–Kier alpha value is -3.35. The molecule has 0 saturated carbocycles. The molecule has 0 aromatic carbocycles. The second-order valence-corrected chi connectivity index (χ2v) is 11.2. The topological polar surface area (TPSA) is 156 Å². The molecule has 1 spiro atoms. The van der Waals surface area contributed by atoms with E-state index >= 15 is 0 Å². The lowest BCUT2D eigenvalue weighted by Gasteiger charge is -2.41. The molecule has 2 N–H and O–H groups in total. The zero-order valence-corrected chi connectivity index (χ0v) is 23.2. The van der Waals surface area contributed by atoms with E-state index in [-0.39, 0.29) is 10.5 Å². The highest BCUT2D eigenvalue weighted by Gasteiger charge is 2.47. The number of aliphatic carboxylic acids is 2. The SMILES string of the molecule is O=C(O)C(F)(F)F.O=C(O)C(F)(F)F.O=S(=O)(c1cccnc1)N1CCC2(CC1)OCCC2CCOCc1ccccn1. The maximum Gasteiger partial charge on any atom is 0.490 e. The Bertz CT molecular complexity index is 1250. The normalized spacial score (nSPS) is 18.6. The first kappa shape index (κ1) is 35.8. The van der Waals surface area contributed by atoms with Crippen molar-refractivity contribution in [3.05, 3.63) is 54.6 Å². The van der Waals surface area contributed by atoms with Crippen LogP contribution in [0.2, 0.25) is 0 Å². The number of rotatable bonds is 7. The number of pyridine rings is 2. The van der Waals surface area contributed by atoms with Crippen molar-refractivity contribution >= 4 is 22.0 Å². The molecule has 1 unspecified atom stereocenters. The number of hydrogen-bond acceptors (Lipinski definition) is 8. The molecular formula is C25H29F6N3O8S. The van der Waals surface area contributed by atoms with Crippen molar-refractivity contribution in [1.29, 1.82) is 0 Å². The van der Waals surface area contributed by atoms with Gasteiger partial charge in [0.15, 0.2) is 0 Å². The van der Waals surface area contributed by atoms with E-state index in [0.717, 1.165) is 38.0 Å². The Labute approximate surface area is 242 Å². The number of alkyl halides is 6. The van der Waals surface area contributed by atoms with Crippen LogP contribution in [-0.2, 0) is 35.7 Å². The molecule has 4 rings (SSSR count). The van der Waals surface area contributed by atoms with Gasteiger partial charge in [-0.15, -0.1) is 0 Å². The van der Waals surface area contributed by atoms with E-state index < -0.39 is 34.3 Å². The molecule has 0 bridgehead atoms. The van der Waals surface area contributed by atoms with E-state index in [1.807, 2.05) is 18.2 Å². The van der Waals surface area contributed by atoms with Crippen molar-refractivity contribution < 1.29 is 64.0 Å². The van der Waals surface area contributed by atoms with Crippen molar-refractivity contribution in [2.45, 2.75) is 55.1 Å². The number of piperidine rings is 1. The van der Waals surface area contributed by atoms with Gasteiger partial charge in [0.05, 0.1) is 17.9 Å². The number of carboxylic acids is 2. The third-order valence-corrected chi connectivity index (χ3v) is 8.39. The molecule has 2 aromatic heterocycles. The van der Waals surface area contributed by atoms with Gasteiger partial charge in [-0.2, -0.15) is 30.6 Å². The maximum atomic E-state index is 12.8. The summed E-state index contributed by atoms with van der Waals surface area (Å²) < 4.78 is 103. The number of carbonyl (C=O) groups is 2. The molecule has 2 saturated heterocycles. The summed E-state index contributed by atoms with van der Waals surface area (Å²) in [5.41, 5.74) is 0.703. The van der Waals surface area contributed by atoms with Crippen molar-refractivity contribution in [2.24, 2.45) is 5.92 Å². The van der Waals surface area contributed by atoms with Gasteiger partial charge in [-0.1, -0.05) is 6.07 Å². The molecule has 2 aliphatic heterocycles. The summed E-state index contributed by atoms with van der Waals surface area (Å²) in [6, 6.07) is 9.06. The minimum atomic E-state index is -5.08. The van der Waals surface area contributed by atoms with E-state index in [0.29, 0.717) is 32.2 Å². The molecule has 0 radical (unpaired) electrons. The number of aromatic nitrogens is 2. The highest BCUT2D eigenvalue weighted by Crippen LogP contribution is 2.43. The van der Waals surface area contributed by atoms with E-state index in [1.54, 1.807) is 28.8 Å². The van der Waals surface area contributed by atoms with Crippen LogP contribution in [-0.4, -0.2) is 89.1 Å². The van der Waals surface area contributed by atoms with Crippen LogP contribution in [0.15, 0.2) is 53.8 Å². The summed E-state index contributed by atoms with van der Waals surface area (Å²) in [4.78, 5) is 26.3. The summed E-state index contributed by atoms with van der Waals surface area (Å²) in [5.74, 6) is -5.12. The third-order valence-electron chi connectivity index (χ3n) is 6.51. The van der Waals surface area contributed by atoms with Gasteiger partial charge in [0.25, 0.3) is 0 Å². The molecule has 2 aliphatic rings. The molecule has 0 amide bonds.